The van der Waals surface area contributed by atoms with Crippen molar-refractivity contribution in [3.8, 4) is 0 Å². The van der Waals surface area contributed by atoms with Crippen LogP contribution in [0, 0.1) is 5.92 Å². The zero-order valence-electron chi connectivity index (χ0n) is 13.6. The van der Waals surface area contributed by atoms with E-state index in [0.717, 1.165) is 31.9 Å². The maximum absolute atomic E-state index is 11.4. The van der Waals surface area contributed by atoms with Crippen LogP contribution in [-0.4, -0.2) is 55.5 Å². The van der Waals surface area contributed by atoms with Gasteiger partial charge in [0.1, 0.15) is 0 Å². The molecule has 0 aromatic heterocycles. The van der Waals surface area contributed by atoms with Gasteiger partial charge in [0, 0.05) is 26.2 Å². The number of carbonyl (C=O) groups excluding carboxylic acids is 2. The van der Waals surface area contributed by atoms with E-state index in [-0.39, 0.29) is 42.5 Å². The van der Waals surface area contributed by atoms with Crippen LogP contribution in [0.5, 0.6) is 0 Å². The van der Waals surface area contributed by atoms with E-state index < -0.39 is 0 Å². The molecule has 0 unspecified atom stereocenters. The molecule has 1 heterocycles. The van der Waals surface area contributed by atoms with Crippen molar-refractivity contribution in [3.05, 3.63) is 0 Å². The lowest BCUT2D eigenvalue weighted by Gasteiger charge is -2.16. The standard InChI is InChI=1S/C14H27N5O2.HI/c1-4-11(5-2)9-17-13(15-6-3)16-7-8-19-12(20)10-18-14(19)21;/h11H,4-10H2,1-3H3,(H,18,21)(H2,15,16,17);1H. The molecule has 128 valence electrons. The molecule has 7 nitrogen and oxygen atoms in total. The van der Waals surface area contributed by atoms with E-state index in [1.54, 1.807) is 0 Å². The first-order valence-electron chi connectivity index (χ1n) is 7.72. The lowest BCUT2D eigenvalue weighted by atomic mass is 10.0. The minimum absolute atomic E-state index is 0. The number of nitrogens with zero attached hydrogens (tertiary/aromatic N) is 2. The van der Waals surface area contributed by atoms with Gasteiger partial charge in [-0.15, -0.1) is 24.0 Å². The number of halogens is 1. The van der Waals surface area contributed by atoms with Crippen molar-refractivity contribution in [1.29, 1.82) is 0 Å². The van der Waals surface area contributed by atoms with Crippen LogP contribution >= 0.6 is 24.0 Å². The Morgan fingerprint density at radius 2 is 1.95 bits per heavy atom. The van der Waals surface area contributed by atoms with Gasteiger partial charge in [-0.25, -0.2) is 4.79 Å². The molecule has 1 saturated heterocycles. The summed E-state index contributed by atoms with van der Waals surface area (Å²) in [6, 6.07) is -0.319. The van der Waals surface area contributed by atoms with Gasteiger partial charge >= 0.3 is 6.03 Å². The molecule has 0 bridgehead atoms. The Morgan fingerprint density at radius 3 is 2.45 bits per heavy atom. The number of urea groups is 1. The summed E-state index contributed by atoms with van der Waals surface area (Å²) < 4.78 is 0. The molecular formula is C14H28IN5O2. The average molecular weight is 425 g/mol. The molecule has 8 heteroatoms. The second-order valence-electron chi connectivity index (χ2n) is 5.03. The van der Waals surface area contributed by atoms with Gasteiger partial charge in [-0.2, -0.15) is 0 Å². The first-order valence-corrected chi connectivity index (χ1v) is 7.72. The van der Waals surface area contributed by atoms with Gasteiger partial charge < -0.3 is 16.0 Å². The Hall–Kier alpha value is -1.06. The summed E-state index contributed by atoms with van der Waals surface area (Å²) in [7, 11) is 0. The van der Waals surface area contributed by atoms with E-state index in [1.807, 2.05) is 6.92 Å². The smallest absolute Gasteiger partial charge is 0.324 e. The van der Waals surface area contributed by atoms with Crippen molar-refractivity contribution in [2.75, 3.05) is 32.7 Å². The van der Waals surface area contributed by atoms with Crippen molar-refractivity contribution in [1.82, 2.24) is 20.9 Å². The van der Waals surface area contributed by atoms with Crippen LogP contribution in [0.3, 0.4) is 0 Å². The Balaban J connectivity index is 0.00000441. The summed E-state index contributed by atoms with van der Waals surface area (Å²) in [5, 5.41) is 8.83. The molecule has 0 atom stereocenters. The number of hydrogen-bond donors (Lipinski definition) is 3. The van der Waals surface area contributed by atoms with Crippen molar-refractivity contribution < 1.29 is 9.59 Å². The largest absolute Gasteiger partial charge is 0.357 e. The van der Waals surface area contributed by atoms with Gasteiger partial charge in [0.05, 0.1) is 6.54 Å². The highest BCUT2D eigenvalue weighted by molar-refractivity contribution is 14.0. The maximum atomic E-state index is 11.4. The molecule has 0 aromatic rings. The first kappa shape index (κ1) is 20.9. The molecule has 0 spiro atoms. The molecule has 0 aromatic carbocycles. The van der Waals surface area contributed by atoms with Gasteiger partial charge in [0.15, 0.2) is 5.96 Å². The van der Waals surface area contributed by atoms with E-state index in [1.165, 1.54) is 4.90 Å². The van der Waals surface area contributed by atoms with Crippen LogP contribution in [0.4, 0.5) is 4.79 Å². The van der Waals surface area contributed by atoms with Crippen LogP contribution < -0.4 is 16.0 Å². The summed E-state index contributed by atoms with van der Waals surface area (Å²) in [5.41, 5.74) is 0. The maximum Gasteiger partial charge on any atom is 0.324 e. The molecule has 0 saturated carbocycles. The second-order valence-corrected chi connectivity index (χ2v) is 5.03. The number of amides is 3. The SMILES string of the molecule is CCNC(=NCC(CC)CC)NCCN1C(=O)CNC1=O.I. The molecule has 22 heavy (non-hydrogen) atoms. The fourth-order valence-electron chi connectivity index (χ4n) is 2.08. The topological polar surface area (TPSA) is 85.8 Å². The second kappa shape index (κ2) is 11.5. The van der Waals surface area contributed by atoms with Crippen LogP contribution in [0.1, 0.15) is 33.6 Å². The zero-order valence-corrected chi connectivity index (χ0v) is 16.0. The number of hydrogen-bond acceptors (Lipinski definition) is 3. The van der Waals surface area contributed by atoms with Crippen LogP contribution in [0.2, 0.25) is 0 Å². The van der Waals surface area contributed by atoms with Crippen LogP contribution in [0.15, 0.2) is 4.99 Å². The van der Waals surface area contributed by atoms with Gasteiger partial charge in [0.2, 0.25) is 5.91 Å². The molecule has 3 N–H and O–H groups in total. The van der Waals surface area contributed by atoms with Crippen LogP contribution in [0.25, 0.3) is 0 Å². The Kier molecular flexibility index (Phi) is 10.9. The summed E-state index contributed by atoms with van der Waals surface area (Å²) in [6.07, 6.45) is 2.23. The molecule has 1 rings (SSSR count). The molecule has 0 aliphatic carbocycles. The van der Waals surface area contributed by atoms with E-state index in [4.69, 9.17) is 0 Å². The lowest BCUT2D eigenvalue weighted by molar-refractivity contribution is -0.124. The van der Waals surface area contributed by atoms with Crippen molar-refractivity contribution >= 4 is 41.9 Å². The molecule has 1 aliphatic rings. The van der Waals surface area contributed by atoms with Gasteiger partial charge in [-0.05, 0) is 12.8 Å². The normalized spacial score (nSPS) is 14.9. The van der Waals surface area contributed by atoms with Gasteiger partial charge in [0.25, 0.3) is 0 Å². The number of carbonyl (C=O) groups is 2. The van der Waals surface area contributed by atoms with E-state index in [9.17, 15) is 9.59 Å². The number of nitrogens with one attached hydrogen (secondary N) is 3. The Morgan fingerprint density at radius 1 is 1.27 bits per heavy atom. The van der Waals surface area contributed by atoms with Gasteiger partial charge in [-0.1, -0.05) is 26.7 Å². The summed E-state index contributed by atoms with van der Waals surface area (Å²) in [4.78, 5) is 28.6. The molecule has 1 aliphatic heterocycles. The first-order chi connectivity index (χ1) is 10.1. The minimum Gasteiger partial charge on any atom is -0.357 e. The number of guanidine groups is 1. The number of imide groups is 1. The average Bonchev–Trinajstić information content (AvgIpc) is 2.79. The monoisotopic (exact) mass is 425 g/mol. The van der Waals surface area contributed by atoms with Crippen molar-refractivity contribution in [3.63, 3.8) is 0 Å². The quantitative estimate of drug-likeness (QED) is 0.236. The fraction of sp³-hybridized carbons (Fsp3) is 0.786. The summed E-state index contributed by atoms with van der Waals surface area (Å²) >= 11 is 0. The predicted octanol–water partition coefficient (Wildman–Crippen LogP) is 1.15. The third kappa shape index (κ3) is 6.80. The van der Waals surface area contributed by atoms with Gasteiger partial charge in [-0.3, -0.25) is 14.7 Å². The highest BCUT2D eigenvalue weighted by Crippen LogP contribution is 2.07. The third-order valence-electron chi connectivity index (χ3n) is 3.57. The fourth-order valence-corrected chi connectivity index (χ4v) is 2.08. The number of aliphatic imine (C=N–C) groups is 1. The van der Waals surface area contributed by atoms with Crippen molar-refractivity contribution in [2.24, 2.45) is 10.9 Å². The molecular weight excluding hydrogens is 397 g/mol. The predicted molar refractivity (Wildman–Crippen MR) is 98.6 cm³/mol. The lowest BCUT2D eigenvalue weighted by Crippen LogP contribution is -2.43. The van der Waals surface area contributed by atoms with Crippen LogP contribution in [-0.2, 0) is 4.79 Å². The summed E-state index contributed by atoms with van der Waals surface area (Å²) in [5.74, 6) is 1.14. The molecule has 1 fully saturated rings. The third-order valence-corrected chi connectivity index (χ3v) is 3.57. The van der Waals surface area contributed by atoms with Crippen molar-refractivity contribution in [2.45, 2.75) is 33.6 Å². The zero-order chi connectivity index (χ0) is 15.7. The minimum atomic E-state index is -0.319. The molecule has 0 radical (unpaired) electrons. The Bertz CT molecular complexity index is 369. The van der Waals surface area contributed by atoms with E-state index in [2.05, 4.69) is 34.8 Å². The highest BCUT2D eigenvalue weighted by atomic mass is 127. The molecule has 3 amide bonds. The highest BCUT2D eigenvalue weighted by Gasteiger charge is 2.27. The number of rotatable bonds is 8. The summed E-state index contributed by atoms with van der Waals surface area (Å²) in [6.45, 7) is 8.84. The Labute approximate surface area is 149 Å². The van der Waals surface area contributed by atoms with E-state index in [0.29, 0.717) is 19.0 Å². The van der Waals surface area contributed by atoms with E-state index >= 15 is 0 Å².